The lowest BCUT2D eigenvalue weighted by Crippen LogP contribution is -2.36. The van der Waals surface area contributed by atoms with Crippen molar-refractivity contribution in [3.05, 3.63) is 11.9 Å². The third-order valence-electron chi connectivity index (χ3n) is 3.48. The molecule has 17 heavy (non-hydrogen) atoms. The number of hydrogen-bond acceptors (Lipinski definition) is 5. The molecule has 0 bridgehead atoms. The number of nitrogens with two attached hydrogens (primary N) is 1. The van der Waals surface area contributed by atoms with Gasteiger partial charge in [-0.1, -0.05) is 0 Å². The molecule has 2 aliphatic rings. The third-order valence-corrected chi connectivity index (χ3v) is 3.48. The van der Waals surface area contributed by atoms with Crippen molar-refractivity contribution >= 4 is 11.6 Å². The van der Waals surface area contributed by atoms with Gasteiger partial charge in [-0.15, -0.1) is 0 Å². The Morgan fingerprint density at radius 1 is 1.18 bits per heavy atom. The molecule has 5 nitrogen and oxygen atoms in total. The molecule has 3 rings (SSSR count). The van der Waals surface area contributed by atoms with Crippen LogP contribution in [0.2, 0.25) is 0 Å². The smallest absolute Gasteiger partial charge is 0.136 e. The molecular weight excluding hydrogens is 216 g/mol. The first-order valence-corrected chi connectivity index (χ1v) is 6.30. The van der Waals surface area contributed by atoms with Gasteiger partial charge in [-0.05, 0) is 25.7 Å². The predicted molar refractivity (Wildman–Crippen MR) is 65.9 cm³/mol. The second kappa shape index (κ2) is 4.14. The molecule has 0 amide bonds. The average molecular weight is 234 g/mol. The minimum atomic E-state index is -0.159. The first-order chi connectivity index (χ1) is 8.22. The van der Waals surface area contributed by atoms with E-state index in [1.165, 1.54) is 12.8 Å². The second-order valence-electron chi connectivity index (χ2n) is 5.00. The zero-order valence-electron chi connectivity index (χ0n) is 9.84. The van der Waals surface area contributed by atoms with Crippen molar-refractivity contribution in [1.29, 1.82) is 0 Å². The summed E-state index contributed by atoms with van der Waals surface area (Å²) in [6.45, 7) is 1.70. The van der Waals surface area contributed by atoms with Gasteiger partial charge in [0.15, 0.2) is 0 Å². The van der Waals surface area contributed by atoms with E-state index in [1.807, 2.05) is 6.07 Å². The SMILES string of the molecule is Nc1cc(N2CCC(O)CC2)nc(C2CC2)n1. The molecule has 0 radical (unpaired) electrons. The highest BCUT2D eigenvalue weighted by atomic mass is 16.3. The highest BCUT2D eigenvalue weighted by Crippen LogP contribution is 2.39. The van der Waals surface area contributed by atoms with Crippen LogP contribution in [0.15, 0.2) is 6.07 Å². The van der Waals surface area contributed by atoms with Gasteiger partial charge in [-0.2, -0.15) is 0 Å². The van der Waals surface area contributed by atoms with Crippen molar-refractivity contribution in [2.45, 2.75) is 37.7 Å². The Bertz CT molecular complexity index is 411. The fourth-order valence-corrected chi connectivity index (χ4v) is 2.25. The molecule has 0 spiro atoms. The van der Waals surface area contributed by atoms with Crippen molar-refractivity contribution in [3.63, 3.8) is 0 Å². The third kappa shape index (κ3) is 2.34. The van der Waals surface area contributed by atoms with Crippen LogP contribution in [0.4, 0.5) is 11.6 Å². The fourth-order valence-electron chi connectivity index (χ4n) is 2.25. The zero-order valence-corrected chi connectivity index (χ0v) is 9.84. The molecule has 5 heteroatoms. The molecule has 1 aromatic rings. The number of hydrogen-bond donors (Lipinski definition) is 2. The summed E-state index contributed by atoms with van der Waals surface area (Å²) in [5.74, 6) is 2.90. The van der Waals surface area contributed by atoms with Crippen molar-refractivity contribution in [2.75, 3.05) is 23.7 Å². The van der Waals surface area contributed by atoms with Gasteiger partial charge in [0.1, 0.15) is 17.5 Å². The molecule has 1 aromatic heterocycles. The number of aliphatic hydroxyl groups excluding tert-OH is 1. The second-order valence-corrected chi connectivity index (χ2v) is 5.00. The Morgan fingerprint density at radius 2 is 1.88 bits per heavy atom. The van der Waals surface area contributed by atoms with E-state index in [9.17, 15) is 5.11 Å². The van der Waals surface area contributed by atoms with E-state index in [0.717, 1.165) is 37.6 Å². The first kappa shape index (κ1) is 10.8. The van der Waals surface area contributed by atoms with Gasteiger partial charge >= 0.3 is 0 Å². The number of aliphatic hydroxyl groups is 1. The van der Waals surface area contributed by atoms with Gasteiger partial charge in [0.25, 0.3) is 0 Å². The van der Waals surface area contributed by atoms with E-state index in [2.05, 4.69) is 14.9 Å². The topological polar surface area (TPSA) is 75.3 Å². The number of aromatic nitrogens is 2. The molecule has 1 aliphatic heterocycles. The first-order valence-electron chi connectivity index (χ1n) is 6.30. The Hall–Kier alpha value is -1.36. The number of nitrogens with zero attached hydrogens (tertiary/aromatic N) is 3. The highest BCUT2D eigenvalue weighted by Gasteiger charge is 2.28. The van der Waals surface area contributed by atoms with Crippen LogP contribution in [0, 0.1) is 0 Å². The number of nitrogen functional groups attached to an aromatic ring is 1. The summed E-state index contributed by atoms with van der Waals surface area (Å²) in [5, 5.41) is 9.50. The van der Waals surface area contributed by atoms with Crippen molar-refractivity contribution in [3.8, 4) is 0 Å². The molecular formula is C12H18N4O. The number of anilines is 2. The summed E-state index contributed by atoms with van der Waals surface area (Å²) in [4.78, 5) is 11.1. The largest absolute Gasteiger partial charge is 0.393 e. The highest BCUT2D eigenvalue weighted by molar-refractivity contribution is 5.48. The summed E-state index contributed by atoms with van der Waals surface area (Å²) in [6.07, 6.45) is 3.82. The van der Waals surface area contributed by atoms with Crippen molar-refractivity contribution in [1.82, 2.24) is 9.97 Å². The lowest BCUT2D eigenvalue weighted by atomic mass is 10.1. The van der Waals surface area contributed by atoms with Gasteiger partial charge in [0.2, 0.25) is 0 Å². The van der Waals surface area contributed by atoms with Crippen molar-refractivity contribution in [2.24, 2.45) is 0 Å². The lowest BCUT2D eigenvalue weighted by Gasteiger charge is -2.30. The van der Waals surface area contributed by atoms with E-state index in [0.29, 0.717) is 11.7 Å². The minimum Gasteiger partial charge on any atom is -0.393 e. The van der Waals surface area contributed by atoms with Gasteiger partial charge in [0.05, 0.1) is 6.10 Å². The maximum Gasteiger partial charge on any atom is 0.136 e. The summed E-state index contributed by atoms with van der Waals surface area (Å²) < 4.78 is 0. The Balaban J connectivity index is 1.81. The molecule has 0 atom stereocenters. The number of rotatable bonds is 2. The van der Waals surface area contributed by atoms with Crippen LogP contribution >= 0.6 is 0 Å². The van der Waals surface area contributed by atoms with E-state index >= 15 is 0 Å². The van der Waals surface area contributed by atoms with Crippen LogP contribution < -0.4 is 10.6 Å². The maximum absolute atomic E-state index is 9.50. The maximum atomic E-state index is 9.50. The van der Waals surface area contributed by atoms with Crippen LogP contribution in [-0.2, 0) is 0 Å². The van der Waals surface area contributed by atoms with Crippen LogP contribution in [0.1, 0.15) is 37.4 Å². The molecule has 2 heterocycles. The quantitative estimate of drug-likeness (QED) is 0.795. The van der Waals surface area contributed by atoms with E-state index in [1.54, 1.807) is 0 Å². The van der Waals surface area contributed by atoms with Gasteiger partial charge < -0.3 is 15.7 Å². The summed E-state index contributed by atoms with van der Waals surface area (Å²) in [7, 11) is 0. The molecule has 3 N–H and O–H groups in total. The molecule has 1 saturated carbocycles. The predicted octanol–water partition coefficient (Wildman–Crippen LogP) is 0.897. The molecule has 0 aromatic carbocycles. The van der Waals surface area contributed by atoms with Gasteiger partial charge in [-0.3, -0.25) is 0 Å². The molecule has 2 fully saturated rings. The molecule has 1 saturated heterocycles. The van der Waals surface area contributed by atoms with Crippen LogP contribution in [0.25, 0.3) is 0 Å². The number of piperidine rings is 1. The molecule has 92 valence electrons. The fraction of sp³-hybridized carbons (Fsp3) is 0.667. The van der Waals surface area contributed by atoms with Crippen LogP contribution in [-0.4, -0.2) is 34.3 Å². The van der Waals surface area contributed by atoms with Crippen LogP contribution in [0.3, 0.4) is 0 Å². The monoisotopic (exact) mass is 234 g/mol. The Kier molecular flexibility index (Phi) is 2.63. The average Bonchev–Trinajstić information content (AvgIpc) is 3.13. The van der Waals surface area contributed by atoms with E-state index in [-0.39, 0.29) is 6.10 Å². The zero-order chi connectivity index (χ0) is 11.8. The van der Waals surface area contributed by atoms with Crippen molar-refractivity contribution < 1.29 is 5.11 Å². The Labute approximate surface area is 101 Å². The molecule has 0 unspecified atom stereocenters. The van der Waals surface area contributed by atoms with Crippen LogP contribution in [0.5, 0.6) is 0 Å². The van der Waals surface area contributed by atoms with E-state index in [4.69, 9.17) is 5.73 Å². The minimum absolute atomic E-state index is 0.159. The normalized spacial score (nSPS) is 21.8. The Morgan fingerprint density at radius 3 is 2.53 bits per heavy atom. The molecule has 1 aliphatic carbocycles. The van der Waals surface area contributed by atoms with Gasteiger partial charge in [-0.25, -0.2) is 9.97 Å². The summed E-state index contributed by atoms with van der Waals surface area (Å²) in [5.41, 5.74) is 5.83. The standard InChI is InChI=1S/C12H18N4O/c13-10-7-11(15-12(14-10)8-1-2-8)16-5-3-9(17)4-6-16/h7-9,17H,1-6H2,(H2,13,14,15). The van der Waals surface area contributed by atoms with Gasteiger partial charge in [0, 0.05) is 25.1 Å². The lowest BCUT2D eigenvalue weighted by molar-refractivity contribution is 0.145. The van der Waals surface area contributed by atoms with E-state index < -0.39 is 0 Å². The summed E-state index contributed by atoms with van der Waals surface area (Å²) in [6, 6.07) is 1.84. The summed E-state index contributed by atoms with van der Waals surface area (Å²) >= 11 is 0.